The highest BCUT2D eigenvalue weighted by Crippen LogP contribution is 2.32. The lowest BCUT2D eigenvalue weighted by molar-refractivity contribution is -0.143. The number of carbonyl (C=O) groups is 1. The highest BCUT2D eigenvalue weighted by molar-refractivity contribution is 5.83. The Morgan fingerprint density at radius 2 is 1.89 bits per heavy atom. The number of esters is 1. The molecule has 1 aliphatic heterocycles. The number of ether oxygens (including phenoxy) is 2. The van der Waals surface area contributed by atoms with Crippen molar-refractivity contribution in [1.82, 2.24) is 19.4 Å². The first kappa shape index (κ1) is 26.0. The lowest BCUT2D eigenvalue weighted by atomic mass is 9.86. The van der Waals surface area contributed by atoms with E-state index in [1.165, 1.54) is 11.9 Å². The number of nitrogens with zero attached hydrogens (tertiary/aromatic N) is 4. The fourth-order valence-corrected chi connectivity index (χ4v) is 4.30. The van der Waals surface area contributed by atoms with E-state index in [0.29, 0.717) is 29.9 Å². The summed E-state index contributed by atoms with van der Waals surface area (Å²) in [5.41, 5.74) is 9.59. The van der Waals surface area contributed by atoms with E-state index < -0.39 is 24.5 Å². The van der Waals surface area contributed by atoms with Crippen LogP contribution >= 0.6 is 0 Å². The molecular formula is C26H35N5O5. The second kappa shape index (κ2) is 10.5. The molecule has 0 amide bonds. The molecule has 36 heavy (non-hydrogen) atoms. The summed E-state index contributed by atoms with van der Waals surface area (Å²) in [6, 6.07) is 9.66. The molecule has 0 bridgehead atoms. The Bertz CT molecular complexity index is 1190. The van der Waals surface area contributed by atoms with Gasteiger partial charge in [-0.15, -0.1) is 0 Å². The molecule has 0 aliphatic carbocycles. The van der Waals surface area contributed by atoms with Gasteiger partial charge in [0.15, 0.2) is 11.9 Å². The van der Waals surface area contributed by atoms with Crippen LogP contribution in [-0.4, -0.2) is 80.7 Å². The van der Waals surface area contributed by atoms with E-state index in [-0.39, 0.29) is 24.4 Å². The van der Waals surface area contributed by atoms with Crippen LogP contribution in [-0.2, 0) is 26.1 Å². The van der Waals surface area contributed by atoms with Crippen LogP contribution in [0.4, 0.5) is 5.69 Å². The molecule has 4 atom stereocenters. The van der Waals surface area contributed by atoms with Crippen molar-refractivity contribution in [3.8, 4) is 0 Å². The second-order valence-corrected chi connectivity index (χ2v) is 10.4. The van der Waals surface area contributed by atoms with Crippen LogP contribution in [0.2, 0.25) is 0 Å². The lowest BCUT2D eigenvalue weighted by Crippen LogP contribution is -2.39. The van der Waals surface area contributed by atoms with Gasteiger partial charge < -0.3 is 30.3 Å². The molecule has 1 saturated heterocycles. The summed E-state index contributed by atoms with van der Waals surface area (Å²) in [7, 11) is 1.84. The summed E-state index contributed by atoms with van der Waals surface area (Å²) in [5.74, 6) is -0.293. The summed E-state index contributed by atoms with van der Waals surface area (Å²) >= 11 is 0. The van der Waals surface area contributed by atoms with Crippen molar-refractivity contribution in [1.29, 1.82) is 0 Å². The van der Waals surface area contributed by atoms with Gasteiger partial charge in [0.1, 0.15) is 30.4 Å². The van der Waals surface area contributed by atoms with Gasteiger partial charge in [-0.25, -0.2) is 9.97 Å². The molecule has 4 rings (SSSR count). The Morgan fingerprint density at radius 1 is 1.17 bits per heavy atom. The highest BCUT2D eigenvalue weighted by Gasteiger charge is 2.44. The number of hydrogen-bond acceptors (Lipinski definition) is 9. The smallest absolute Gasteiger partial charge is 0.310 e. The Morgan fingerprint density at radius 3 is 2.58 bits per heavy atom. The van der Waals surface area contributed by atoms with E-state index >= 15 is 0 Å². The molecule has 194 valence electrons. The number of likely N-dealkylation sites (N-methyl/N-ethyl adjacent to an activating group) is 1. The second-order valence-electron chi connectivity index (χ2n) is 10.4. The van der Waals surface area contributed by atoms with Gasteiger partial charge in [-0.1, -0.05) is 45.0 Å². The molecule has 1 aromatic carbocycles. The van der Waals surface area contributed by atoms with Gasteiger partial charge in [-0.05, 0) is 29.7 Å². The monoisotopic (exact) mass is 497 g/mol. The molecule has 1 fully saturated rings. The molecular weight excluding hydrogens is 462 g/mol. The first-order valence-electron chi connectivity index (χ1n) is 12.1. The maximum absolute atomic E-state index is 12.3. The third kappa shape index (κ3) is 5.67. The van der Waals surface area contributed by atoms with Crippen LogP contribution in [0.3, 0.4) is 0 Å². The zero-order valence-corrected chi connectivity index (χ0v) is 21.2. The number of nitrogens with two attached hydrogens (primary N) is 1. The quantitative estimate of drug-likeness (QED) is 0.397. The van der Waals surface area contributed by atoms with Gasteiger partial charge in [-0.2, -0.15) is 0 Å². The van der Waals surface area contributed by atoms with Crippen LogP contribution in [0.15, 0.2) is 42.9 Å². The number of aromatic nitrogens is 3. The molecule has 0 unspecified atom stereocenters. The Hall–Kier alpha value is -3.05. The van der Waals surface area contributed by atoms with Crippen molar-refractivity contribution >= 4 is 22.8 Å². The van der Waals surface area contributed by atoms with E-state index in [1.807, 2.05) is 36.2 Å². The SMILES string of the molecule is CN(CCOC(=O)Cc1ccc(C(C)(C)C)cc1)C[C@H]1O[C@@H](n2cnc3c(N)ccnc32)[C@H](O)[C@@H]1O. The standard InChI is InChI=1S/C26H35N5O5/c1-26(2,3)17-7-5-16(6-8-17)13-20(32)35-12-11-30(4)14-19-22(33)23(34)25(36-19)31-15-29-21-18(27)9-10-28-24(21)31/h5-10,15,19,22-23,25,33-34H,11-14H2,1-4H3,(H2,27,28)/t19-,22-,23-,25-/m1/s1. The van der Waals surface area contributed by atoms with Crippen LogP contribution in [0.25, 0.3) is 11.2 Å². The minimum atomic E-state index is -1.16. The van der Waals surface area contributed by atoms with E-state index in [1.54, 1.807) is 16.8 Å². The third-order valence-corrected chi connectivity index (χ3v) is 6.50. The first-order chi connectivity index (χ1) is 17.0. The molecule has 0 radical (unpaired) electrons. The number of nitrogen functional groups attached to an aromatic ring is 1. The zero-order valence-electron chi connectivity index (χ0n) is 21.2. The van der Waals surface area contributed by atoms with Crippen LogP contribution < -0.4 is 5.73 Å². The number of benzene rings is 1. The fraction of sp³-hybridized carbons (Fsp3) is 0.500. The summed E-state index contributed by atoms with van der Waals surface area (Å²) in [5, 5.41) is 21.2. The Kier molecular flexibility index (Phi) is 7.60. The van der Waals surface area contributed by atoms with Crippen LogP contribution in [0.1, 0.15) is 38.1 Å². The molecule has 10 heteroatoms. The highest BCUT2D eigenvalue weighted by atomic mass is 16.6. The summed E-state index contributed by atoms with van der Waals surface area (Å²) < 4.78 is 13.0. The van der Waals surface area contributed by atoms with Crippen LogP contribution in [0.5, 0.6) is 0 Å². The third-order valence-electron chi connectivity index (χ3n) is 6.50. The molecule has 0 saturated carbocycles. The van der Waals surface area contributed by atoms with E-state index in [4.69, 9.17) is 15.2 Å². The lowest BCUT2D eigenvalue weighted by Gasteiger charge is -2.22. The van der Waals surface area contributed by atoms with E-state index in [2.05, 4.69) is 30.7 Å². The molecule has 3 heterocycles. The summed E-state index contributed by atoms with van der Waals surface area (Å²) in [4.78, 5) is 22.7. The van der Waals surface area contributed by atoms with E-state index in [9.17, 15) is 15.0 Å². The summed E-state index contributed by atoms with van der Waals surface area (Å²) in [6.07, 6.45) is -0.492. The predicted molar refractivity (Wildman–Crippen MR) is 135 cm³/mol. The average molecular weight is 498 g/mol. The van der Waals surface area contributed by atoms with Crippen molar-refractivity contribution < 1.29 is 24.5 Å². The number of hydrogen-bond donors (Lipinski definition) is 3. The predicted octanol–water partition coefficient (Wildman–Crippen LogP) is 1.65. The molecule has 3 aromatic rings. The van der Waals surface area contributed by atoms with Gasteiger partial charge in [0.2, 0.25) is 0 Å². The van der Waals surface area contributed by atoms with Crippen LogP contribution in [0, 0.1) is 0 Å². The fourth-order valence-electron chi connectivity index (χ4n) is 4.30. The topological polar surface area (TPSA) is 136 Å². The number of anilines is 1. The number of carbonyl (C=O) groups excluding carboxylic acids is 1. The van der Waals surface area contributed by atoms with Gasteiger partial charge in [0.05, 0.1) is 18.4 Å². The summed E-state index contributed by atoms with van der Waals surface area (Å²) in [6.45, 7) is 7.44. The Balaban J connectivity index is 1.25. The van der Waals surface area contributed by atoms with Crippen molar-refractivity contribution in [3.63, 3.8) is 0 Å². The normalized spacial score (nSPS) is 22.4. The zero-order chi connectivity index (χ0) is 26.0. The molecule has 2 aromatic heterocycles. The molecule has 1 aliphatic rings. The largest absolute Gasteiger partial charge is 0.464 e. The van der Waals surface area contributed by atoms with Crippen molar-refractivity contribution in [2.24, 2.45) is 0 Å². The minimum Gasteiger partial charge on any atom is -0.464 e. The van der Waals surface area contributed by atoms with Crippen molar-refractivity contribution in [2.75, 3.05) is 32.5 Å². The first-order valence-corrected chi connectivity index (χ1v) is 12.1. The van der Waals surface area contributed by atoms with Crippen molar-refractivity contribution in [2.45, 2.75) is 57.1 Å². The Labute approximate surface area is 210 Å². The number of rotatable bonds is 8. The maximum atomic E-state index is 12.3. The van der Waals surface area contributed by atoms with Gasteiger partial charge in [0.25, 0.3) is 0 Å². The van der Waals surface area contributed by atoms with Gasteiger partial charge >= 0.3 is 5.97 Å². The number of fused-ring (bicyclic) bond motifs is 1. The number of aliphatic hydroxyl groups is 2. The van der Waals surface area contributed by atoms with Gasteiger partial charge in [-0.3, -0.25) is 9.36 Å². The molecule has 4 N–H and O–H groups in total. The molecule has 10 nitrogen and oxygen atoms in total. The van der Waals surface area contributed by atoms with Gasteiger partial charge in [0, 0.05) is 19.3 Å². The maximum Gasteiger partial charge on any atom is 0.310 e. The average Bonchev–Trinajstić information content (AvgIpc) is 3.36. The van der Waals surface area contributed by atoms with E-state index in [0.717, 1.165) is 5.56 Å². The van der Waals surface area contributed by atoms with Crippen molar-refractivity contribution in [3.05, 3.63) is 54.0 Å². The number of pyridine rings is 1. The number of imidazole rings is 1. The molecule has 0 spiro atoms. The minimum absolute atomic E-state index is 0.0632. The number of aliphatic hydroxyl groups excluding tert-OH is 2.